The second kappa shape index (κ2) is 9.21. The number of hydrogen-bond acceptors (Lipinski definition) is 4. The van der Waals surface area contributed by atoms with E-state index in [9.17, 15) is 10.1 Å². The Kier molecular flexibility index (Phi) is 6.99. The Balaban J connectivity index is 2.19. The van der Waals surface area contributed by atoms with Crippen LogP contribution < -0.4 is 10.1 Å². The fourth-order valence-electron chi connectivity index (χ4n) is 1.91. The highest BCUT2D eigenvalue weighted by Gasteiger charge is 2.10. The van der Waals surface area contributed by atoms with E-state index in [4.69, 9.17) is 10.00 Å². The molecule has 0 aliphatic carbocycles. The van der Waals surface area contributed by atoms with Gasteiger partial charge in [0.25, 0.3) is 5.91 Å². The van der Waals surface area contributed by atoms with Gasteiger partial charge >= 0.3 is 0 Å². The van der Waals surface area contributed by atoms with Crippen molar-refractivity contribution in [2.75, 3.05) is 11.9 Å². The average Bonchev–Trinajstić information content (AvgIpc) is 2.58. The normalized spacial score (nSPS) is 10.5. The molecule has 0 aliphatic rings. The summed E-state index contributed by atoms with van der Waals surface area (Å²) >= 11 is 5.40. The Morgan fingerprint density at radius 2 is 2.08 bits per heavy atom. The van der Waals surface area contributed by atoms with Gasteiger partial charge in [-0.1, -0.05) is 28.1 Å². The summed E-state index contributed by atoms with van der Waals surface area (Å²) in [6, 6.07) is 16.1. The molecule has 0 atom stereocenters. The fourth-order valence-corrected chi connectivity index (χ4v) is 3.01. The molecule has 124 valence electrons. The van der Waals surface area contributed by atoms with Gasteiger partial charge in [-0.3, -0.25) is 4.79 Å². The zero-order valence-corrected chi connectivity index (χ0v) is 16.5. The Morgan fingerprint density at radius 1 is 1.28 bits per heavy atom. The number of benzene rings is 2. The molecule has 0 bridgehead atoms. The van der Waals surface area contributed by atoms with E-state index >= 15 is 0 Å². The first-order valence-electron chi connectivity index (χ1n) is 7.01. The number of hydrogen-bond donors (Lipinski definition) is 1. The number of carbonyl (C=O) groups is 1. The second-order valence-corrected chi connectivity index (χ2v) is 6.85. The average molecular weight is 508 g/mol. The summed E-state index contributed by atoms with van der Waals surface area (Å²) in [5.74, 6) is 0.0943. The zero-order chi connectivity index (χ0) is 18.2. The number of carbonyl (C=O) groups excluding carboxylic acids is 1. The summed E-state index contributed by atoms with van der Waals surface area (Å²) in [6.45, 7) is -0.0380. The molecule has 0 aliphatic heterocycles. The molecular weight excluding hydrogens is 497 g/mol. The monoisotopic (exact) mass is 507 g/mol. The first kappa shape index (κ1) is 19.0. The van der Waals surface area contributed by atoms with Gasteiger partial charge in [0.2, 0.25) is 0 Å². The van der Waals surface area contributed by atoms with Crippen LogP contribution in [0.15, 0.2) is 52.5 Å². The quantitative estimate of drug-likeness (QED) is 0.366. The lowest BCUT2D eigenvalue weighted by molar-refractivity contribution is -0.112. The van der Waals surface area contributed by atoms with Crippen molar-refractivity contribution in [1.82, 2.24) is 0 Å². The summed E-state index contributed by atoms with van der Waals surface area (Å²) < 4.78 is 6.88. The molecule has 0 heterocycles. The third-order valence-electron chi connectivity index (χ3n) is 3.01. The Hall–Kier alpha value is -2.36. The number of nitriles is 2. The second-order valence-electron chi connectivity index (χ2n) is 4.77. The number of nitrogens with one attached hydrogen (secondary N) is 1. The van der Waals surface area contributed by atoms with Crippen LogP contribution in [0.1, 0.15) is 5.56 Å². The van der Waals surface area contributed by atoms with Gasteiger partial charge in [0.05, 0.1) is 3.57 Å². The molecular formula is C18H11BrIN3O2. The lowest BCUT2D eigenvalue weighted by Gasteiger charge is -2.07. The lowest BCUT2D eigenvalue weighted by atomic mass is 10.1. The Labute approximate surface area is 167 Å². The van der Waals surface area contributed by atoms with Crippen molar-refractivity contribution in [3.8, 4) is 17.9 Å². The van der Waals surface area contributed by atoms with Crippen LogP contribution in [-0.4, -0.2) is 12.5 Å². The minimum atomic E-state index is -0.486. The summed E-state index contributed by atoms with van der Waals surface area (Å²) in [4.78, 5) is 12.3. The Morgan fingerprint density at radius 3 is 2.72 bits per heavy atom. The zero-order valence-electron chi connectivity index (χ0n) is 12.8. The van der Waals surface area contributed by atoms with E-state index in [0.717, 1.165) is 8.04 Å². The largest absolute Gasteiger partial charge is 0.478 e. The highest BCUT2D eigenvalue weighted by atomic mass is 127. The summed E-state index contributed by atoms with van der Waals surface area (Å²) in [5.41, 5.74) is 1.27. The molecule has 25 heavy (non-hydrogen) atoms. The highest BCUT2D eigenvalue weighted by Crippen LogP contribution is 2.23. The van der Waals surface area contributed by atoms with Gasteiger partial charge < -0.3 is 10.1 Å². The topological polar surface area (TPSA) is 85.9 Å². The number of amides is 1. The van der Waals surface area contributed by atoms with Crippen molar-refractivity contribution >= 4 is 56.2 Å². The van der Waals surface area contributed by atoms with Gasteiger partial charge in [0, 0.05) is 10.2 Å². The number of rotatable bonds is 5. The van der Waals surface area contributed by atoms with Crippen LogP contribution in [0.3, 0.4) is 0 Å². The van der Waals surface area contributed by atoms with E-state index in [0.29, 0.717) is 17.0 Å². The van der Waals surface area contributed by atoms with E-state index in [1.165, 1.54) is 6.08 Å². The van der Waals surface area contributed by atoms with Crippen LogP contribution in [0.5, 0.6) is 5.75 Å². The van der Waals surface area contributed by atoms with Crippen molar-refractivity contribution in [2.45, 2.75) is 0 Å². The number of nitrogens with zero attached hydrogens (tertiary/aromatic N) is 2. The number of ether oxygens (including phenoxy) is 1. The first-order valence-corrected chi connectivity index (χ1v) is 8.88. The van der Waals surface area contributed by atoms with Crippen LogP contribution in [0.2, 0.25) is 0 Å². The first-order chi connectivity index (χ1) is 12.0. The molecule has 1 amide bonds. The van der Waals surface area contributed by atoms with Crippen LogP contribution in [-0.2, 0) is 4.79 Å². The van der Waals surface area contributed by atoms with Crippen molar-refractivity contribution in [2.24, 2.45) is 0 Å². The molecule has 0 radical (unpaired) electrons. The molecule has 2 aromatic carbocycles. The van der Waals surface area contributed by atoms with E-state index in [1.54, 1.807) is 36.4 Å². The van der Waals surface area contributed by atoms with Crippen LogP contribution in [0.4, 0.5) is 5.69 Å². The van der Waals surface area contributed by atoms with Crippen molar-refractivity contribution < 1.29 is 9.53 Å². The van der Waals surface area contributed by atoms with Crippen molar-refractivity contribution in [3.05, 3.63) is 61.6 Å². The molecule has 0 saturated heterocycles. The number of halogens is 2. The predicted molar refractivity (Wildman–Crippen MR) is 107 cm³/mol. The van der Waals surface area contributed by atoms with Gasteiger partial charge in [-0.2, -0.15) is 10.5 Å². The van der Waals surface area contributed by atoms with Gasteiger partial charge in [0.1, 0.15) is 23.5 Å². The van der Waals surface area contributed by atoms with E-state index in [1.807, 2.05) is 18.2 Å². The minimum Gasteiger partial charge on any atom is -0.478 e. The SMILES string of the molecule is N#CCOc1ccc(/C=C(/C#N)C(=O)Nc2cccc(Br)c2)cc1I. The standard InChI is InChI=1S/C18H11BrIN3O2/c19-14-2-1-3-15(10-14)23-18(24)13(11-22)8-12-4-5-17(16(20)9-12)25-7-6-21/h1-5,8-10H,7H2,(H,23,24)/b13-8-. The van der Waals surface area contributed by atoms with Gasteiger partial charge in [-0.05, 0) is 64.6 Å². The molecule has 0 spiro atoms. The van der Waals surface area contributed by atoms with E-state index < -0.39 is 5.91 Å². The molecule has 1 N–H and O–H groups in total. The maximum absolute atomic E-state index is 12.3. The predicted octanol–water partition coefficient (Wildman–Crippen LogP) is 4.50. The lowest BCUT2D eigenvalue weighted by Crippen LogP contribution is -2.13. The smallest absolute Gasteiger partial charge is 0.266 e. The van der Waals surface area contributed by atoms with E-state index in [-0.39, 0.29) is 12.2 Å². The minimum absolute atomic E-state index is 0.0125. The molecule has 0 aromatic heterocycles. The van der Waals surface area contributed by atoms with Crippen LogP contribution in [0.25, 0.3) is 6.08 Å². The molecule has 2 rings (SSSR count). The molecule has 5 nitrogen and oxygen atoms in total. The highest BCUT2D eigenvalue weighted by molar-refractivity contribution is 14.1. The van der Waals surface area contributed by atoms with Crippen molar-refractivity contribution in [3.63, 3.8) is 0 Å². The van der Waals surface area contributed by atoms with Crippen LogP contribution >= 0.6 is 38.5 Å². The van der Waals surface area contributed by atoms with Gasteiger partial charge in [-0.15, -0.1) is 0 Å². The molecule has 7 heteroatoms. The molecule has 0 saturated carbocycles. The summed E-state index contributed by atoms with van der Waals surface area (Å²) in [7, 11) is 0. The third kappa shape index (κ3) is 5.59. The molecule has 0 fully saturated rings. The molecule has 2 aromatic rings. The third-order valence-corrected chi connectivity index (χ3v) is 4.34. The van der Waals surface area contributed by atoms with E-state index in [2.05, 4.69) is 43.8 Å². The molecule has 0 unspecified atom stereocenters. The van der Waals surface area contributed by atoms with Gasteiger partial charge in [-0.25, -0.2) is 0 Å². The van der Waals surface area contributed by atoms with Crippen LogP contribution in [0, 0.1) is 26.2 Å². The maximum atomic E-state index is 12.3. The Bertz CT molecular complexity index is 913. The van der Waals surface area contributed by atoms with Gasteiger partial charge in [0.15, 0.2) is 6.61 Å². The fraction of sp³-hybridized carbons (Fsp3) is 0.0556. The summed E-state index contributed by atoms with van der Waals surface area (Å²) in [5, 5.41) is 20.5. The maximum Gasteiger partial charge on any atom is 0.266 e. The van der Waals surface area contributed by atoms with Crippen molar-refractivity contribution in [1.29, 1.82) is 10.5 Å². The number of anilines is 1. The summed E-state index contributed by atoms with van der Waals surface area (Å²) in [6.07, 6.45) is 1.50.